The summed E-state index contributed by atoms with van der Waals surface area (Å²) >= 11 is 0. The lowest BCUT2D eigenvalue weighted by Crippen LogP contribution is -2.41. The van der Waals surface area contributed by atoms with E-state index >= 15 is 0 Å². The number of aryl methyl sites for hydroxylation is 1. The van der Waals surface area contributed by atoms with Crippen molar-refractivity contribution in [3.63, 3.8) is 0 Å². The summed E-state index contributed by atoms with van der Waals surface area (Å²) < 4.78 is 10.6. The molecule has 4 rings (SSSR count). The van der Waals surface area contributed by atoms with Gasteiger partial charge in [0.1, 0.15) is 28.8 Å². The fourth-order valence-electron chi connectivity index (χ4n) is 3.45. The highest BCUT2D eigenvalue weighted by molar-refractivity contribution is 6.06. The second-order valence-electron chi connectivity index (χ2n) is 6.65. The van der Waals surface area contributed by atoms with Crippen molar-refractivity contribution in [3.05, 3.63) is 60.0 Å². The number of amides is 2. The molecule has 1 N–H and O–H groups in total. The molecule has 8 heteroatoms. The number of nitrogens with one attached hydrogen (secondary N) is 1. The van der Waals surface area contributed by atoms with Crippen molar-refractivity contribution >= 4 is 17.5 Å². The first-order valence-electron chi connectivity index (χ1n) is 9.23. The third-order valence-corrected chi connectivity index (χ3v) is 4.88. The maximum absolute atomic E-state index is 13.0. The Morgan fingerprint density at radius 1 is 1.24 bits per heavy atom. The van der Waals surface area contributed by atoms with Gasteiger partial charge in [-0.25, -0.2) is 0 Å². The number of anilines is 1. The minimum atomic E-state index is -0.640. The van der Waals surface area contributed by atoms with Crippen LogP contribution in [-0.4, -0.2) is 41.7 Å². The van der Waals surface area contributed by atoms with Crippen molar-refractivity contribution in [1.29, 1.82) is 0 Å². The Bertz CT molecular complexity index is 1050. The molecule has 1 aliphatic rings. The first kappa shape index (κ1) is 18.7. The highest BCUT2D eigenvalue weighted by Crippen LogP contribution is 2.31. The zero-order chi connectivity index (χ0) is 20.4. The van der Waals surface area contributed by atoms with Gasteiger partial charge in [-0.1, -0.05) is 23.4 Å². The van der Waals surface area contributed by atoms with Gasteiger partial charge in [0.15, 0.2) is 0 Å². The van der Waals surface area contributed by atoms with Gasteiger partial charge in [-0.05, 0) is 37.6 Å². The van der Waals surface area contributed by atoms with Crippen LogP contribution >= 0.6 is 0 Å². The fraction of sp³-hybridized carbons (Fsp3) is 0.238. The van der Waals surface area contributed by atoms with E-state index in [0.717, 1.165) is 0 Å². The molecule has 1 atom stereocenters. The molecule has 29 heavy (non-hydrogen) atoms. The van der Waals surface area contributed by atoms with E-state index in [9.17, 15) is 9.59 Å². The summed E-state index contributed by atoms with van der Waals surface area (Å²) in [6, 6.07) is 12.0. The van der Waals surface area contributed by atoms with E-state index < -0.39 is 11.9 Å². The number of nitrogens with zero attached hydrogens (tertiary/aromatic N) is 3. The minimum Gasteiger partial charge on any atom is -0.495 e. The van der Waals surface area contributed by atoms with Crippen LogP contribution in [0.3, 0.4) is 0 Å². The number of hydrogen-bond acceptors (Lipinski definition) is 6. The lowest BCUT2D eigenvalue weighted by Gasteiger charge is -2.19. The van der Waals surface area contributed by atoms with E-state index in [-0.39, 0.29) is 11.5 Å². The summed E-state index contributed by atoms with van der Waals surface area (Å²) in [5, 5.41) is 6.80. The number of aromatic nitrogens is 2. The third kappa shape index (κ3) is 3.44. The summed E-state index contributed by atoms with van der Waals surface area (Å²) in [5.41, 5.74) is 1.86. The van der Waals surface area contributed by atoms with Gasteiger partial charge in [-0.15, -0.1) is 0 Å². The highest BCUT2D eigenvalue weighted by Gasteiger charge is 2.36. The summed E-state index contributed by atoms with van der Waals surface area (Å²) in [5.74, 6) is 0.385. The predicted octanol–water partition coefficient (Wildman–Crippen LogP) is 2.59. The van der Waals surface area contributed by atoms with Crippen LogP contribution in [0.15, 0.2) is 53.2 Å². The van der Waals surface area contributed by atoms with Gasteiger partial charge >= 0.3 is 0 Å². The Hall–Kier alpha value is -3.68. The van der Waals surface area contributed by atoms with Crippen LogP contribution in [0.4, 0.5) is 5.69 Å². The molecular weight excluding hydrogens is 372 g/mol. The van der Waals surface area contributed by atoms with Crippen LogP contribution in [0.25, 0.3) is 11.4 Å². The number of carbonyl (C=O) groups is 2. The van der Waals surface area contributed by atoms with Crippen molar-refractivity contribution in [2.45, 2.75) is 19.4 Å². The van der Waals surface area contributed by atoms with E-state index in [1.54, 1.807) is 49.4 Å². The van der Waals surface area contributed by atoms with Crippen LogP contribution in [0.5, 0.6) is 5.75 Å². The normalized spacial score (nSPS) is 16.1. The lowest BCUT2D eigenvalue weighted by atomic mass is 10.1. The number of carbonyl (C=O) groups excluding carboxylic acids is 2. The van der Waals surface area contributed by atoms with Gasteiger partial charge in [-0.2, -0.15) is 0 Å². The monoisotopic (exact) mass is 392 g/mol. The van der Waals surface area contributed by atoms with Gasteiger partial charge in [0, 0.05) is 12.7 Å². The zero-order valence-electron chi connectivity index (χ0n) is 16.1. The molecule has 0 aliphatic carbocycles. The number of ether oxygens (including phenoxy) is 1. The molecule has 0 radical (unpaired) electrons. The van der Waals surface area contributed by atoms with E-state index in [4.69, 9.17) is 9.26 Å². The molecule has 2 aromatic heterocycles. The Balaban J connectivity index is 1.55. The quantitative estimate of drug-likeness (QED) is 0.717. The van der Waals surface area contributed by atoms with Gasteiger partial charge in [0.25, 0.3) is 5.91 Å². The van der Waals surface area contributed by atoms with Crippen molar-refractivity contribution in [2.75, 3.05) is 18.6 Å². The van der Waals surface area contributed by atoms with Crippen molar-refractivity contribution in [2.24, 2.45) is 0 Å². The molecule has 1 aromatic carbocycles. The van der Waals surface area contributed by atoms with Gasteiger partial charge in [0.05, 0.1) is 18.5 Å². The van der Waals surface area contributed by atoms with E-state index in [1.165, 1.54) is 0 Å². The second kappa shape index (κ2) is 7.75. The van der Waals surface area contributed by atoms with Crippen LogP contribution in [0, 0.1) is 6.92 Å². The first-order chi connectivity index (χ1) is 14.1. The summed E-state index contributed by atoms with van der Waals surface area (Å²) in [7, 11) is 1.56. The molecule has 2 amide bonds. The van der Waals surface area contributed by atoms with Crippen molar-refractivity contribution < 1.29 is 18.8 Å². The first-order valence-corrected chi connectivity index (χ1v) is 9.23. The van der Waals surface area contributed by atoms with Gasteiger partial charge in [-0.3, -0.25) is 14.6 Å². The molecule has 1 fully saturated rings. The summed E-state index contributed by atoms with van der Waals surface area (Å²) in [6.07, 6.45) is 2.11. The lowest BCUT2D eigenvalue weighted by molar-refractivity contribution is -0.118. The number of hydrogen-bond donors (Lipinski definition) is 1. The fourth-order valence-corrected chi connectivity index (χ4v) is 3.45. The van der Waals surface area contributed by atoms with Crippen LogP contribution in [-0.2, 0) is 4.79 Å². The molecule has 1 aliphatic heterocycles. The summed E-state index contributed by atoms with van der Waals surface area (Å²) in [4.78, 5) is 31.7. The Labute approximate surface area is 167 Å². The molecular formula is C21H20N4O4. The number of para-hydroxylation sites is 2. The van der Waals surface area contributed by atoms with E-state index in [0.29, 0.717) is 41.6 Å². The third-order valence-electron chi connectivity index (χ3n) is 4.88. The second-order valence-corrected chi connectivity index (χ2v) is 6.65. The maximum Gasteiger partial charge on any atom is 0.257 e. The largest absolute Gasteiger partial charge is 0.495 e. The Morgan fingerprint density at radius 3 is 2.79 bits per heavy atom. The van der Waals surface area contributed by atoms with E-state index in [1.807, 2.05) is 18.2 Å². The molecule has 3 aromatic rings. The van der Waals surface area contributed by atoms with Crippen LogP contribution in [0.1, 0.15) is 22.5 Å². The number of pyridine rings is 1. The predicted molar refractivity (Wildman–Crippen MR) is 106 cm³/mol. The highest BCUT2D eigenvalue weighted by atomic mass is 16.5. The van der Waals surface area contributed by atoms with Gasteiger partial charge < -0.3 is 19.5 Å². The standard InChI is InChI=1S/C21H20N4O4/c1-13-18(19(24-29-13)14-7-5-6-11-22-14)20(26)23-15-10-12-25(21(15)27)16-8-3-4-9-17(16)28-2/h3-9,11,15H,10,12H2,1-2H3,(H,23,26). The molecule has 0 bridgehead atoms. The maximum atomic E-state index is 13.0. The topological polar surface area (TPSA) is 97.6 Å². The van der Waals surface area contributed by atoms with Crippen LogP contribution in [0.2, 0.25) is 0 Å². The minimum absolute atomic E-state index is 0.184. The Morgan fingerprint density at radius 2 is 2.03 bits per heavy atom. The smallest absolute Gasteiger partial charge is 0.257 e. The zero-order valence-corrected chi connectivity index (χ0v) is 16.1. The molecule has 1 unspecified atom stereocenters. The summed E-state index contributed by atoms with van der Waals surface area (Å²) in [6.45, 7) is 2.14. The SMILES string of the molecule is COc1ccccc1N1CCC(NC(=O)c2c(-c3ccccn3)noc2C)C1=O. The van der Waals surface area contributed by atoms with Crippen molar-refractivity contribution in [3.8, 4) is 17.1 Å². The number of benzene rings is 1. The Kier molecular flexibility index (Phi) is 4.99. The van der Waals surface area contributed by atoms with Crippen molar-refractivity contribution in [1.82, 2.24) is 15.5 Å². The number of rotatable bonds is 5. The average Bonchev–Trinajstić information content (AvgIpc) is 3.31. The number of methoxy groups -OCH3 is 1. The molecule has 148 valence electrons. The van der Waals surface area contributed by atoms with Gasteiger partial charge in [0.2, 0.25) is 5.91 Å². The van der Waals surface area contributed by atoms with E-state index in [2.05, 4.69) is 15.5 Å². The molecule has 1 saturated heterocycles. The average molecular weight is 392 g/mol. The van der Waals surface area contributed by atoms with Crippen LogP contribution < -0.4 is 15.0 Å². The molecule has 8 nitrogen and oxygen atoms in total. The molecule has 3 heterocycles. The molecule has 0 saturated carbocycles. The molecule has 0 spiro atoms.